The first-order valence-electron chi connectivity index (χ1n) is 9.78. The van der Waals surface area contributed by atoms with Crippen molar-refractivity contribution in [3.05, 3.63) is 27.7 Å². The monoisotopic (exact) mass is 471 g/mol. The fourth-order valence-corrected chi connectivity index (χ4v) is 4.25. The van der Waals surface area contributed by atoms with E-state index in [2.05, 4.69) is 31.1 Å². The highest BCUT2D eigenvalue weighted by Crippen LogP contribution is 2.30. The van der Waals surface area contributed by atoms with E-state index in [0.29, 0.717) is 17.4 Å². The quantitative estimate of drug-likeness (QED) is 0.170. The lowest BCUT2D eigenvalue weighted by Crippen LogP contribution is -2.41. The maximum atomic E-state index is 14.8. The van der Waals surface area contributed by atoms with Gasteiger partial charge in [-0.25, -0.2) is 10.0 Å². The molecular weight excluding hydrogens is 449 g/mol. The Morgan fingerprint density at radius 1 is 1.39 bits per heavy atom. The normalized spacial score (nSPS) is 14.8. The molecule has 2 amide bonds. The molecule has 3 rings (SSSR count). The zero-order valence-corrected chi connectivity index (χ0v) is 18.1. The molecule has 31 heavy (non-hydrogen) atoms. The molecule has 0 aromatic carbocycles. The molecule has 0 radical (unpaired) electrons. The van der Waals surface area contributed by atoms with E-state index in [4.69, 9.17) is 11.6 Å². The van der Waals surface area contributed by atoms with Gasteiger partial charge in [-0.1, -0.05) is 25.7 Å². The third-order valence-corrected chi connectivity index (χ3v) is 5.96. The third kappa shape index (κ3) is 6.71. The van der Waals surface area contributed by atoms with Gasteiger partial charge >= 0.3 is 0 Å². The van der Waals surface area contributed by atoms with E-state index in [0.717, 1.165) is 30.7 Å². The maximum Gasteiger partial charge on any atom is 0.243 e. The smallest absolute Gasteiger partial charge is 0.243 e. The van der Waals surface area contributed by atoms with E-state index in [1.807, 2.05) is 0 Å². The number of aromatic nitrogens is 3. The largest absolute Gasteiger partial charge is 0.361 e. The summed E-state index contributed by atoms with van der Waals surface area (Å²) in [6.45, 7) is 0.0797. The van der Waals surface area contributed by atoms with E-state index in [-0.39, 0.29) is 36.4 Å². The zero-order valence-electron chi connectivity index (χ0n) is 16.6. The Labute approximate surface area is 187 Å². The number of thiazole rings is 1. The molecule has 1 aliphatic carbocycles. The van der Waals surface area contributed by atoms with Gasteiger partial charge in [0.05, 0.1) is 19.0 Å². The van der Waals surface area contributed by atoms with Gasteiger partial charge in [0.1, 0.15) is 5.01 Å². The predicted molar refractivity (Wildman–Crippen MR) is 113 cm³/mol. The van der Waals surface area contributed by atoms with Crippen molar-refractivity contribution < 1.29 is 19.2 Å². The van der Waals surface area contributed by atoms with Gasteiger partial charge in [0.2, 0.25) is 23.4 Å². The lowest BCUT2D eigenvalue weighted by molar-refractivity contribution is -0.154. The second-order valence-electron chi connectivity index (χ2n) is 7.21. The first kappa shape index (κ1) is 23.1. The number of hydrogen-bond acceptors (Lipinski definition) is 9. The fraction of sp³-hybridized carbons (Fsp3) is 0.500. The second kappa shape index (κ2) is 11.2. The molecule has 0 unspecified atom stereocenters. The highest BCUT2D eigenvalue weighted by Gasteiger charge is 2.27. The van der Waals surface area contributed by atoms with Crippen molar-refractivity contribution in [2.75, 3.05) is 17.3 Å². The topological polar surface area (TPSA) is 132 Å². The highest BCUT2D eigenvalue weighted by molar-refractivity contribution is 7.09. The zero-order chi connectivity index (χ0) is 22.2. The molecule has 2 heterocycles. The van der Waals surface area contributed by atoms with Crippen molar-refractivity contribution >= 4 is 46.9 Å². The highest BCUT2D eigenvalue weighted by atomic mass is 35.5. The minimum absolute atomic E-state index is 0.142. The van der Waals surface area contributed by atoms with Crippen LogP contribution in [-0.2, 0) is 16.1 Å². The number of nitrogens with one attached hydrogen (secondary N) is 3. The standard InChI is InChI=1S/C18H23ClFN7O3S/c19-18-23-15(22-8-13-21-5-6-31-13)14(20)16(24-18)25-26-17(29)12(9-27(30)10-28)7-11-3-1-2-4-11/h5-6,10-12,30H,1-4,7-9H2,(H,26,29)(H2,22,23,24,25)/t12-/m0/s1. The number of halogens is 2. The summed E-state index contributed by atoms with van der Waals surface area (Å²) in [7, 11) is 0. The van der Waals surface area contributed by atoms with Crippen LogP contribution < -0.4 is 16.2 Å². The summed E-state index contributed by atoms with van der Waals surface area (Å²) in [4.78, 5) is 35.1. The molecule has 2 aromatic heterocycles. The van der Waals surface area contributed by atoms with E-state index in [1.54, 1.807) is 11.6 Å². The molecule has 13 heteroatoms. The Balaban J connectivity index is 1.64. The van der Waals surface area contributed by atoms with E-state index in [1.165, 1.54) is 11.3 Å². The fourth-order valence-electron chi connectivity index (χ4n) is 3.52. The SMILES string of the molecule is O=CN(O)C[C@H](CC1CCCC1)C(=O)NNc1nc(Cl)nc(NCc2nccs2)c1F. The van der Waals surface area contributed by atoms with Crippen molar-refractivity contribution in [1.29, 1.82) is 0 Å². The minimum atomic E-state index is -0.828. The van der Waals surface area contributed by atoms with Crippen molar-refractivity contribution in [3.8, 4) is 0 Å². The predicted octanol–water partition coefficient (Wildman–Crippen LogP) is 2.82. The number of hydroxylamine groups is 2. The summed E-state index contributed by atoms with van der Waals surface area (Å²) in [6, 6.07) is 0. The lowest BCUT2D eigenvalue weighted by Gasteiger charge is -2.22. The molecule has 0 bridgehead atoms. The average molecular weight is 472 g/mol. The Morgan fingerprint density at radius 3 is 2.81 bits per heavy atom. The van der Waals surface area contributed by atoms with Crippen LogP contribution in [0.15, 0.2) is 11.6 Å². The van der Waals surface area contributed by atoms with Gasteiger partial charge in [0.25, 0.3) is 0 Å². The van der Waals surface area contributed by atoms with Gasteiger partial charge < -0.3 is 5.32 Å². The Kier molecular flexibility index (Phi) is 8.32. The third-order valence-electron chi connectivity index (χ3n) is 5.01. The minimum Gasteiger partial charge on any atom is -0.361 e. The first-order chi connectivity index (χ1) is 15.0. The Bertz CT molecular complexity index is 883. The number of rotatable bonds is 11. The maximum absolute atomic E-state index is 14.8. The average Bonchev–Trinajstić information content (AvgIpc) is 3.46. The molecule has 1 aliphatic rings. The number of amides is 2. The molecule has 1 saturated carbocycles. The summed E-state index contributed by atoms with van der Waals surface area (Å²) < 4.78 is 14.8. The molecule has 168 valence electrons. The van der Waals surface area contributed by atoms with Crippen LogP contribution in [0.1, 0.15) is 37.1 Å². The molecule has 10 nitrogen and oxygen atoms in total. The summed E-state index contributed by atoms with van der Waals surface area (Å²) in [5.41, 5.74) is 4.83. The van der Waals surface area contributed by atoms with Gasteiger partial charge in [-0.05, 0) is 23.9 Å². The van der Waals surface area contributed by atoms with E-state index in [9.17, 15) is 19.2 Å². The summed E-state index contributed by atoms with van der Waals surface area (Å²) in [5.74, 6) is -2.12. The Morgan fingerprint density at radius 2 is 2.13 bits per heavy atom. The van der Waals surface area contributed by atoms with Crippen LogP contribution in [0, 0.1) is 17.7 Å². The number of nitrogens with zero attached hydrogens (tertiary/aromatic N) is 4. The number of anilines is 2. The molecule has 1 atom stereocenters. The van der Waals surface area contributed by atoms with Crippen LogP contribution in [0.4, 0.5) is 16.0 Å². The number of carbonyl (C=O) groups is 2. The summed E-state index contributed by atoms with van der Waals surface area (Å²) in [6.07, 6.45) is 6.55. The first-order valence-corrected chi connectivity index (χ1v) is 11.0. The second-order valence-corrected chi connectivity index (χ2v) is 8.53. The summed E-state index contributed by atoms with van der Waals surface area (Å²) in [5, 5.41) is 15.1. The van der Waals surface area contributed by atoms with Crippen molar-refractivity contribution in [1.82, 2.24) is 25.4 Å². The van der Waals surface area contributed by atoms with Crippen molar-refractivity contribution in [2.24, 2.45) is 11.8 Å². The number of hydrogen-bond donors (Lipinski definition) is 4. The van der Waals surface area contributed by atoms with E-state index >= 15 is 0 Å². The molecule has 0 saturated heterocycles. The lowest BCUT2D eigenvalue weighted by atomic mass is 9.92. The Hall–Kier alpha value is -2.57. The van der Waals surface area contributed by atoms with Crippen LogP contribution in [0.3, 0.4) is 0 Å². The number of carbonyl (C=O) groups excluding carboxylic acids is 2. The summed E-state index contributed by atoms with van der Waals surface area (Å²) >= 11 is 7.29. The number of hydrazine groups is 1. The van der Waals surface area contributed by atoms with Crippen LogP contribution in [-0.4, -0.2) is 44.1 Å². The molecule has 4 N–H and O–H groups in total. The molecule has 0 spiro atoms. The van der Waals surface area contributed by atoms with Crippen LogP contribution >= 0.6 is 22.9 Å². The van der Waals surface area contributed by atoms with Crippen LogP contribution in [0.2, 0.25) is 5.28 Å². The van der Waals surface area contributed by atoms with Crippen LogP contribution in [0.25, 0.3) is 0 Å². The molecular formula is C18H23ClFN7O3S. The van der Waals surface area contributed by atoms with Crippen molar-refractivity contribution in [2.45, 2.75) is 38.6 Å². The molecule has 0 aliphatic heterocycles. The van der Waals surface area contributed by atoms with Gasteiger partial charge in [0, 0.05) is 11.6 Å². The molecule has 1 fully saturated rings. The van der Waals surface area contributed by atoms with Gasteiger partial charge in [-0.3, -0.25) is 25.6 Å². The van der Waals surface area contributed by atoms with Gasteiger partial charge in [0.15, 0.2) is 11.6 Å². The molecule has 2 aromatic rings. The van der Waals surface area contributed by atoms with Crippen LogP contribution in [0.5, 0.6) is 0 Å². The van der Waals surface area contributed by atoms with E-state index < -0.39 is 17.6 Å². The van der Waals surface area contributed by atoms with Gasteiger partial charge in [-0.15, -0.1) is 11.3 Å². The van der Waals surface area contributed by atoms with Crippen molar-refractivity contribution in [3.63, 3.8) is 0 Å². The van der Waals surface area contributed by atoms with Gasteiger partial charge in [-0.2, -0.15) is 14.4 Å².